The van der Waals surface area contributed by atoms with Crippen molar-refractivity contribution in [3.05, 3.63) is 15.8 Å². The standard InChI is InChI=1S/C15H23NO3S/c1-13(2,3)18-12(17)16-9-8-20-11-10(9)14(4,5)19-15(11,6)7/h8H,1-7H3,(H,16,17). The molecule has 1 aromatic rings. The van der Waals surface area contributed by atoms with E-state index in [1.165, 1.54) is 0 Å². The van der Waals surface area contributed by atoms with Gasteiger partial charge in [0.1, 0.15) is 5.60 Å². The van der Waals surface area contributed by atoms with E-state index in [4.69, 9.17) is 9.47 Å². The summed E-state index contributed by atoms with van der Waals surface area (Å²) >= 11 is 1.61. The van der Waals surface area contributed by atoms with E-state index in [0.717, 1.165) is 16.1 Å². The summed E-state index contributed by atoms with van der Waals surface area (Å²) in [4.78, 5) is 13.1. The van der Waals surface area contributed by atoms with Crippen LogP contribution in [-0.4, -0.2) is 11.7 Å². The zero-order chi connectivity index (χ0) is 15.3. The highest BCUT2D eigenvalue weighted by Crippen LogP contribution is 2.52. The van der Waals surface area contributed by atoms with Crippen molar-refractivity contribution in [2.75, 3.05) is 5.32 Å². The molecule has 2 rings (SSSR count). The Balaban J connectivity index is 2.27. The van der Waals surface area contributed by atoms with Crippen LogP contribution in [0.4, 0.5) is 10.5 Å². The van der Waals surface area contributed by atoms with Gasteiger partial charge in [-0.25, -0.2) is 4.79 Å². The summed E-state index contributed by atoms with van der Waals surface area (Å²) in [6.07, 6.45) is -0.432. The molecule has 0 unspecified atom stereocenters. The number of thiophene rings is 1. The van der Waals surface area contributed by atoms with Gasteiger partial charge in [0.25, 0.3) is 0 Å². The maximum Gasteiger partial charge on any atom is 0.412 e. The molecule has 1 amide bonds. The molecule has 2 heterocycles. The lowest BCUT2D eigenvalue weighted by molar-refractivity contribution is -0.104. The van der Waals surface area contributed by atoms with Gasteiger partial charge in [0.2, 0.25) is 0 Å². The highest BCUT2D eigenvalue weighted by Gasteiger charge is 2.46. The van der Waals surface area contributed by atoms with E-state index in [9.17, 15) is 4.79 Å². The van der Waals surface area contributed by atoms with E-state index < -0.39 is 17.3 Å². The van der Waals surface area contributed by atoms with Crippen molar-refractivity contribution in [2.24, 2.45) is 0 Å². The lowest BCUT2D eigenvalue weighted by Crippen LogP contribution is -2.28. The average Bonchev–Trinajstić information content (AvgIpc) is 2.63. The molecule has 4 nitrogen and oxygen atoms in total. The molecule has 1 aromatic heterocycles. The summed E-state index contributed by atoms with van der Waals surface area (Å²) < 4.78 is 11.4. The van der Waals surface area contributed by atoms with Gasteiger partial charge in [-0.05, 0) is 48.5 Å². The predicted octanol–water partition coefficient (Wildman–Crippen LogP) is 4.60. The minimum atomic E-state index is -0.505. The second-order valence-corrected chi connectivity index (χ2v) is 7.98. The minimum Gasteiger partial charge on any atom is -0.444 e. The number of fused-ring (bicyclic) bond motifs is 1. The van der Waals surface area contributed by atoms with Crippen LogP contribution in [0.5, 0.6) is 0 Å². The van der Waals surface area contributed by atoms with Gasteiger partial charge in [-0.2, -0.15) is 0 Å². The summed E-state index contributed by atoms with van der Waals surface area (Å²) in [5.41, 5.74) is 0.600. The Morgan fingerprint density at radius 1 is 1.25 bits per heavy atom. The van der Waals surface area contributed by atoms with Crippen molar-refractivity contribution in [3.8, 4) is 0 Å². The van der Waals surface area contributed by atoms with Crippen LogP contribution in [0.3, 0.4) is 0 Å². The van der Waals surface area contributed by atoms with Gasteiger partial charge in [-0.3, -0.25) is 5.32 Å². The maximum absolute atomic E-state index is 11.9. The lowest BCUT2D eigenvalue weighted by atomic mass is 9.97. The minimum absolute atomic E-state index is 0.322. The molecule has 0 bridgehead atoms. The van der Waals surface area contributed by atoms with Gasteiger partial charge in [0, 0.05) is 15.8 Å². The highest BCUT2D eigenvalue weighted by molar-refractivity contribution is 7.10. The van der Waals surface area contributed by atoms with Gasteiger partial charge >= 0.3 is 6.09 Å². The van der Waals surface area contributed by atoms with E-state index in [0.29, 0.717) is 0 Å². The average molecular weight is 297 g/mol. The molecule has 0 saturated heterocycles. The first-order chi connectivity index (χ1) is 8.92. The van der Waals surface area contributed by atoms with Crippen molar-refractivity contribution < 1.29 is 14.3 Å². The number of carbonyl (C=O) groups excluding carboxylic acids is 1. The van der Waals surface area contributed by atoms with Crippen LogP contribution in [0.25, 0.3) is 0 Å². The van der Waals surface area contributed by atoms with Gasteiger partial charge in [-0.15, -0.1) is 11.3 Å². The third kappa shape index (κ3) is 2.83. The normalized spacial score (nSPS) is 19.6. The second-order valence-electron chi connectivity index (χ2n) is 7.10. The fraction of sp³-hybridized carbons (Fsp3) is 0.667. The predicted molar refractivity (Wildman–Crippen MR) is 81.3 cm³/mol. The summed E-state index contributed by atoms with van der Waals surface area (Å²) in [7, 11) is 0. The van der Waals surface area contributed by atoms with E-state index in [-0.39, 0.29) is 5.60 Å². The van der Waals surface area contributed by atoms with Crippen molar-refractivity contribution in [1.82, 2.24) is 0 Å². The molecule has 0 spiro atoms. The van der Waals surface area contributed by atoms with Gasteiger partial charge < -0.3 is 9.47 Å². The Morgan fingerprint density at radius 2 is 1.85 bits per heavy atom. The Bertz CT molecular complexity index is 538. The van der Waals surface area contributed by atoms with Crippen LogP contribution in [-0.2, 0) is 20.7 Å². The highest BCUT2D eigenvalue weighted by atomic mass is 32.1. The quantitative estimate of drug-likeness (QED) is 0.824. The third-order valence-corrected chi connectivity index (χ3v) is 4.37. The molecule has 0 saturated carbocycles. The Labute approximate surface area is 124 Å². The number of carbonyl (C=O) groups is 1. The number of hydrogen-bond donors (Lipinski definition) is 1. The lowest BCUT2D eigenvalue weighted by Gasteiger charge is -2.26. The maximum atomic E-state index is 11.9. The van der Waals surface area contributed by atoms with Crippen LogP contribution >= 0.6 is 11.3 Å². The number of nitrogens with one attached hydrogen (secondary N) is 1. The molecular formula is C15H23NO3S. The molecule has 1 aliphatic rings. The number of hydrogen-bond acceptors (Lipinski definition) is 4. The van der Waals surface area contributed by atoms with E-state index in [1.54, 1.807) is 11.3 Å². The monoisotopic (exact) mass is 297 g/mol. The number of rotatable bonds is 1. The summed E-state index contributed by atoms with van der Waals surface area (Å²) in [5, 5.41) is 4.80. The third-order valence-electron chi connectivity index (χ3n) is 3.09. The fourth-order valence-electron chi connectivity index (χ4n) is 2.64. The van der Waals surface area contributed by atoms with Gasteiger partial charge in [-0.1, -0.05) is 0 Å². The Morgan fingerprint density at radius 3 is 2.40 bits per heavy atom. The molecule has 0 aromatic carbocycles. The molecule has 0 fully saturated rings. The molecule has 1 aliphatic heterocycles. The fourth-order valence-corrected chi connectivity index (χ4v) is 3.85. The van der Waals surface area contributed by atoms with Crippen LogP contribution < -0.4 is 5.32 Å². The van der Waals surface area contributed by atoms with Gasteiger partial charge in [0.15, 0.2) is 0 Å². The molecular weight excluding hydrogens is 274 g/mol. The van der Waals surface area contributed by atoms with Crippen molar-refractivity contribution in [1.29, 1.82) is 0 Å². The zero-order valence-electron chi connectivity index (χ0n) is 13.2. The van der Waals surface area contributed by atoms with E-state index >= 15 is 0 Å². The Kier molecular flexibility index (Phi) is 3.42. The first kappa shape index (κ1) is 15.3. The first-order valence-corrected chi connectivity index (χ1v) is 7.63. The SMILES string of the molecule is CC(C)(C)OC(=O)Nc1csc2c1C(C)(C)OC2(C)C. The molecule has 112 valence electrons. The molecule has 5 heteroatoms. The Hall–Kier alpha value is -1.07. The smallest absolute Gasteiger partial charge is 0.412 e. The van der Waals surface area contributed by atoms with E-state index in [2.05, 4.69) is 5.32 Å². The number of anilines is 1. The molecule has 0 aliphatic carbocycles. The molecule has 1 N–H and O–H groups in total. The second kappa shape index (κ2) is 4.46. The first-order valence-electron chi connectivity index (χ1n) is 6.75. The number of amides is 1. The van der Waals surface area contributed by atoms with Crippen LogP contribution in [0, 0.1) is 0 Å². The van der Waals surface area contributed by atoms with Crippen molar-refractivity contribution in [3.63, 3.8) is 0 Å². The number of ether oxygens (including phenoxy) is 2. The van der Waals surface area contributed by atoms with E-state index in [1.807, 2.05) is 53.8 Å². The topological polar surface area (TPSA) is 47.6 Å². The molecule has 20 heavy (non-hydrogen) atoms. The summed E-state index contributed by atoms with van der Waals surface area (Å²) in [6.45, 7) is 13.7. The van der Waals surface area contributed by atoms with Gasteiger partial charge in [0.05, 0.1) is 16.9 Å². The van der Waals surface area contributed by atoms with Crippen molar-refractivity contribution >= 4 is 23.1 Å². The molecule has 0 radical (unpaired) electrons. The van der Waals surface area contributed by atoms with Crippen LogP contribution in [0.2, 0.25) is 0 Å². The van der Waals surface area contributed by atoms with Crippen LogP contribution in [0.1, 0.15) is 58.9 Å². The van der Waals surface area contributed by atoms with Crippen molar-refractivity contribution in [2.45, 2.75) is 65.3 Å². The molecule has 0 atom stereocenters. The largest absolute Gasteiger partial charge is 0.444 e. The zero-order valence-corrected chi connectivity index (χ0v) is 14.0. The summed E-state index contributed by atoms with van der Waals surface area (Å²) in [6, 6.07) is 0. The summed E-state index contributed by atoms with van der Waals surface area (Å²) in [5.74, 6) is 0. The van der Waals surface area contributed by atoms with Crippen LogP contribution in [0.15, 0.2) is 5.38 Å².